The lowest BCUT2D eigenvalue weighted by Gasteiger charge is -2.33. The Morgan fingerprint density at radius 2 is 2.36 bits per heavy atom. The van der Waals surface area contributed by atoms with E-state index in [1.807, 2.05) is 4.90 Å². The van der Waals surface area contributed by atoms with Crippen molar-refractivity contribution in [3.8, 4) is 0 Å². The fraction of sp³-hybridized carbons (Fsp3) is 0.900. The van der Waals surface area contributed by atoms with Crippen molar-refractivity contribution in [2.45, 2.75) is 18.9 Å². The minimum absolute atomic E-state index is 0.229. The molecule has 0 unspecified atom stereocenters. The Morgan fingerprint density at radius 3 is 2.93 bits per heavy atom. The summed E-state index contributed by atoms with van der Waals surface area (Å²) in [6, 6.07) is 0.327. The summed E-state index contributed by atoms with van der Waals surface area (Å²) in [6.07, 6.45) is 2.22. The quantitative estimate of drug-likeness (QED) is 0.685. The maximum atomic E-state index is 11.9. The van der Waals surface area contributed by atoms with E-state index in [2.05, 4.69) is 5.32 Å². The van der Waals surface area contributed by atoms with E-state index in [0.29, 0.717) is 18.6 Å². The minimum atomic E-state index is 0.229. The van der Waals surface area contributed by atoms with Crippen molar-refractivity contribution in [2.75, 3.05) is 33.4 Å². The van der Waals surface area contributed by atoms with Crippen LogP contribution in [0.25, 0.3) is 0 Å². The molecule has 0 aromatic heterocycles. The van der Waals surface area contributed by atoms with Gasteiger partial charge in [0.15, 0.2) is 0 Å². The topological polar surface area (TPSA) is 41.6 Å². The monoisotopic (exact) mass is 198 g/mol. The van der Waals surface area contributed by atoms with Crippen molar-refractivity contribution in [1.82, 2.24) is 10.2 Å². The molecule has 2 aliphatic rings. The Hall–Kier alpha value is -0.610. The molecule has 2 rings (SSSR count). The minimum Gasteiger partial charge on any atom is -0.383 e. The van der Waals surface area contributed by atoms with E-state index in [4.69, 9.17) is 4.74 Å². The smallest absolute Gasteiger partial charge is 0.228 e. The number of ether oxygens (including phenoxy) is 1. The van der Waals surface area contributed by atoms with Gasteiger partial charge in [0.2, 0.25) is 5.91 Å². The van der Waals surface area contributed by atoms with Gasteiger partial charge in [0.25, 0.3) is 0 Å². The van der Waals surface area contributed by atoms with Gasteiger partial charge in [-0.3, -0.25) is 4.79 Å². The Balaban J connectivity index is 1.90. The molecule has 2 fully saturated rings. The van der Waals surface area contributed by atoms with Gasteiger partial charge in [0.1, 0.15) is 0 Å². The second-order valence-electron chi connectivity index (χ2n) is 4.14. The molecule has 14 heavy (non-hydrogen) atoms. The van der Waals surface area contributed by atoms with Crippen LogP contribution in [0.1, 0.15) is 12.8 Å². The Kier molecular flexibility index (Phi) is 3.03. The standard InChI is InChI=1S/C10H18N2O2/c1-14-7-9-3-2-4-12(9)10(13)8-5-11-6-8/h8-9,11H,2-7H2,1H3/t9-/m0/s1. The van der Waals surface area contributed by atoms with Crippen LogP contribution < -0.4 is 5.32 Å². The number of likely N-dealkylation sites (tertiary alicyclic amines) is 1. The molecule has 4 heteroatoms. The first-order valence-electron chi connectivity index (χ1n) is 5.33. The molecule has 80 valence electrons. The third-order valence-corrected chi connectivity index (χ3v) is 3.15. The van der Waals surface area contributed by atoms with Crippen LogP contribution in [-0.2, 0) is 9.53 Å². The summed E-state index contributed by atoms with van der Waals surface area (Å²) in [5.74, 6) is 0.552. The molecule has 2 heterocycles. The summed E-state index contributed by atoms with van der Waals surface area (Å²) in [6.45, 7) is 3.32. The third-order valence-electron chi connectivity index (χ3n) is 3.15. The normalized spacial score (nSPS) is 27.8. The predicted molar refractivity (Wildman–Crippen MR) is 53.0 cm³/mol. The highest BCUT2D eigenvalue weighted by Gasteiger charge is 2.35. The van der Waals surface area contributed by atoms with Crippen LogP contribution in [0.5, 0.6) is 0 Å². The molecule has 0 radical (unpaired) electrons. The number of methoxy groups -OCH3 is 1. The van der Waals surface area contributed by atoms with Crippen LogP contribution in [0.3, 0.4) is 0 Å². The molecule has 2 aliphatic heterocycles. The molecule has 0 aromatic rings. The van der Waals surface area contributed by atoms with Crippen LogP contribution in [0.15, 0.2) is 0 Å². The van der Waals surface area contributed by atoms with E-state index in [1.165, 1.54) is 0 Å². The number of carbonyl (C=O) groups is 1. The molecule has 1 amide bonds. The van der Waals surface area contributed by atoms with Gasteiger partial charge >= 0.3 is 0 Å². The number of rotatable bonds is 3. The number of carbonyl (C=O) groups excluding carboxylic acids is 1. The van der Waals surface area contributed by atoms with Gasteiger partial charge < -0.3 is 15.0 Å². The molecule has 1 atom stereocenters. The van der Waals surface area contributed by atoms with Crippen molar-refractivity contribution >= 4 is 5.91 Å². The summed E-state index contributed by atoms with van der Waals surface area (Å²) in [5, 5.41) is 3.13. The number of nitrogens with zero attached hydrogens (tertiary/aromatic N) is 1. The average molecular weight is 198 g/mol. The van der Waals surface area contributed by atoms with Gasteiger partial charge in [-0.2, -0.15) is 0 Å². The third kappa shape index (κ3) is 1.77. The molecular weight excluding hydrogens is 180 g/mol. The van der Waals surface area contributed by atoms with Crippen LogP contribution >= 0.6 is 0 Å². The van der Waals surface area contributed by atoms with E-state index in [1.54, 1.807) is 7.11 Å². The largest absolute Gasteiger partial charge is 0.383 e. The Bertz CT molecular complexity index is 216. The number of hydrogen-bond donors (Lipinski definition) is 1. The molecular formula is C10H18N2O2. The molecule has 0 saturated carbocycles. The molecule has 2 saturated heterocycles. The molecule has 0 aromatic carbocycles. The molecule has 4 nitrogen and oxygen atoms in total. The number of amides is 1. The first-order chi connectivity index (χ1) is 6.83. The van der Waals surface area contributed by atoms with E-state index >= 15 is 0 Å². The summed E-state index contributed by atoms with van der Waals surface area (Å²) < 4.78 is 5.13. The summed E-state index contributed by atoms with van der Waals surface area (Å²) in [5.41, 5.74) is 0. The zero-order chi connectivity index (χ0) is 9.97. The van der Waals surface area contributed by atoms with Gasteiger partial charge in [-0.1, -0.05) is 0 Å². The zero-order valence-corrected chi connectivity index (χ0v) is 8.66. The van der Waals surface area contributed by atoms with E-state index < -0.39 is 0 Å². The predicted octanol–water partition coefficient (Wildman–Crippen LogP) is -0.157. The molecule has 1 N–H and O–H groups in total. The first kappa shape index (κ1) is 9.93. The fourth-order valence-corrected chi connectivity index (χ4v) is 2.19. The van der Waals surface area contributed by atoms with Gasteiger partial charge in [0.05, 0.1) is 18.6 Å². The maximum Gasteiger partial charge on any atom is 0.228 e. The van der Waals surface area contributed by atoms with Crippen molar-refractivity contribution < 1.29 is 9.53 Å². The SMILES string of the molecule is COC[C@@H]1CCCN1C(=O)C1CNC1. The van der Waals surface area contributed by atoms with Crippen molar-refractivity contribution in [3.63, 3.8) is 0 Å². The highest BCUT2D eigenvalue weighted by molar-refractivity contribution is 5.80. The van der Waals surface area contributed by atoms with Crippen LogP contribution in [0, 0.1) is 5.92 Å². The zero-order valence-electron chi connectivity index (χ0n) is 8.66. The lowest BCUT2D eigenvalue weighted by Crippen LogP contribution is -2.53. The average Bonchev–Trinajstić information content (AvgIpc) is 2.49. The van der Waals surface area contributed by atoms with Gasteiger partial charge in [-0.05, 0) is 12.8 Å². The maximum absolute atomic E-state index is 11.9. The van der Waals surface area contributed by atoms with E-state index in [0.717, 1.165) is 32.5 Å². The molecule has 0 aliphatic carbocycles. The number of nitrogens with one attached hydrogen (secondary N) is 1. The fourth-order valence-electron chi connectivity index (χ4n) is 2.19. The van der Waals surface area contributed by atoms with Crippen molar-refractivity contribution in [2.24, 2.45) is 5.92 Å². The molecule has 0 spiro atoms. The van der Waals surface area contributed by atoms with Crippen LogP contribution in [-0.4, -0.2) is 50.2 Å². The van der Waals surface area contributed by atoms with Crippen LogP contribution in [0.4, 0.5) is 0 Å². The summed E-state index contributed by atoms with van der Waals surface area (Å²) in [7, 11) is 1.70. The summed E-state index contributed by atoms with van der Waals surface area (Å²) in [4.78, 5) is 14.0. The summed E-state index contributed by atoms with van der Waals surface area (Å²) >= 11 is 0. The first-order valence-corrected chi connectivity index (χ1v) is 5.33. The highest BCUT2D eigenvalue weighted by Crippen LogP contribution is 2.21. The van der Waals surface area contributed by atoms with Gasteiger partial charge in [-0.25, -0.2) is 0 Å². The molecule has 0 bridgehead atoms. The van der Waals surface area contributed by atoms with Crippen LogP contribution in [0.2, 0.25) is 0 Å². The van der Waals surface area contributed by atoms with Crippen molar-refractivity contribution in [3.05, 3.63) is 0 Å². The van der Waals surface area contributed by atoms with Gasteiger partial charge in [0, 0.05) is 26.7 Å². The Morgan fingerprint density at radius 1 is 1.57 bits per heavy atom. The van der Waals surface area contributed by atoms with E-state index in [9.17, 15) is 4.79 Å². The number of hydrogen-bond acceptors (Lipinski definition) is 3. The Labute approximate surface area is 84.6 Å². The van der Waals surface area contributed by atoms with Gasteiger partial charge in [-0.15, -0.1) is 0 Å². The second-order valence-corrected chi connectivity index (χ2v) is 4.14. The second kappa shape index (κ2) is 4.28. The highest BCUT2D eigenvalue weighted by atomic mass is 16.5. The van der Waals surface area contributed by atoms with E-state index in [-0.39, 0.29) is 5.92 Å². The lowest BCUT2D eigenvalue weighted by atomic mass is 10.0. The van der Waals surface area contributed by atoms with Crippen molar-refractivity contribution in [1.29, 1.82) is 0 Å². The lowest BCUT2D eigenvalue weighted by molar-refractivity contribution is -0.138.